The van der Waals surface area contributed by atoms with Crippen LogP contribution < -0.4 is 10.5 Å². The summed E-state index contributed by atoms with van der Waals surface area (Å²) >= 11 is 1.40. The Balaban J connectivity index is 1.58. The molecule has 3 heterocycles. The van der Waals surface area contributed by atoms with Crippen molar-refractivity contribution >= 4 is 23.5 Å². The van der Waals surface area contributed by atoms with Crippen molar-refractivity contribution in [2.24, 2.45) is 0 Å². The summed E-state index contributed by atoms with van der Waals surface area (Å²) in [5.41, 5.74) is 2.10. The lowest BCUT2D eigenvalue weighted by atomic mass is 10.1. The number of thioether (sulfide) groups is 1. The van der Waals surface area contributed by atoms with E-state index < -0.39 is 0 Å². The van der Waals surface area contributed by atoms with E-state index in [9.17, 15) is 9.59 Å². The quantitative estimate of drug-likeness (QED) is 0.555. The first-order valence-electron chi connectivity index (χ1n) is 10.3. The molecular formula is C21H30N6O2S. The number of hydrogen-bond acceptors (Lipinski definition) is 7. The van der Waals surface area contributed by atoms with Gasteiger partial charge in [-0.3, -0.25) is 9.59 Å². The number of piperazine rings is 1. The van der Waals surface area contributed by atoms with Gasteiger partial charge in [0.15, 0.2) is 5.16 Å². The summed E-state index contributed by atoms with van der Waals surface area (Å²) in [6.07, 6.45) is 2.59. The molecule has 0 atom stereocenters. The molecule has 0 spiro atoms. The number of aromatic nitrogens is 4. The Hall–Kier alpha value is -2.42. The molecule has 2 aromatic rings. The third-order valence-electron chi connectivity index (χ3n) is 5.31. The summed E-state index contributed by atoms with van der Waals surface area (Å²) in [6, 6.07) is 2.00. The summed E-state index contributed by atoms with van der Waals surface area (Å²) < 4.78 is 0. The fraction of sp³-hybridized carbons (Fsp3) is 0.571. The number of hydrogen-bond donors (Lipinski definition) is 1. The number of carbonyl (C=O) groups excluding carboxylic acids is 1. The van der Waals surface area contributed by atoms with Crippen LogP contribution in [0.3, 0.4) is 0 Å². The molecule has 9 heteroatoms. The van der Waals surface area contributed by atoms with Gasteiger partial charge in [-0.25, -0.2) is 15.0 Å². The Morgan fingerprint density at radius 3 is 2.47 bits per heavy atom. The van der Waals surface area contributed by atoms with Gasteiger partial charge in [-0.2, -0.15) is 0 Å². The van der Waals surface area contributed by atoms with Gasteiger partial charge in [-0.05, 0) is 26.5 Å². The molecule has 3 rings (SSSR count). The normalized spacial score (nSPS) is 14.5. The predicted octanol–water partition coefficient (Wildman–Crippen LogP) is 2.30. The van der Waals surface area contributed by atoms with Gasteiger partial charge in [0.1, 0.15) is 11.6 Å². The van der Waals surface area contributed by atoms with Crippen LogP contribution in [0.5, 0.6) is 0 Å². The Labute approximate surface area is 181 Å². The number of nitrogens with zero attached hydrogens (tertiary/aromatic N) is 5. The molecule has 1 amide bonds. The summed E-state index contributed by atoms with van der Waals surface area (Å²) in [4.78, 5) is 45.4. The maximum Gasteiger partial charge on any atom is 0.254 e. The first kappa shape index (κ1) is 22.3. The zero-order valence-corrected chi connectivity index (χ0v) is 19.2. The first-order chi connectivity index (χ1) is 14.3. The van der Waals surface area contributed by atoms with Crippen LogP contribution in [0.2, 0.25) is 0 Å². The van der Waals surface area contributed by atoms with Gasteiger partial charge < -0.3 is 14.8 Å². The number of anilines is 1. The molecule has 0 aliphatic carbocycles. The van der Waals surface area contributed by atoms with E-state index in [0.717, 1.165) is 30.4 Å². The average molecular weight is 431 g/mol. The molecule has 1 fully saturated rings. The number of H-pyrrole nitrogens is 1. The predicted molar refractivity (Wildman–Crippen MR) is 119 cm³/mol. The number of aryl methyl sites for hydroxylation is 2. The third-order valence-corrected chi connectivity index (χ3v) is 5.89. The van der Waals surface area contributed by atoms with E-state index in [4.69, 9.17) is 4.98 Å². The number of aromatic amines is 1. The maximum absolute atomic E-state index is 12.7. The molecule has 0 aromatic carbocycles. The molecular weight excluding hydrogens is 400 g/mol. The van der Waals surface area contributed by atoms with E-state index >= 15 is 0 Å². The largest absolute Gasteiger partial charge is 0.353 e. The molecule has 2 aromatic heterocycles. The van der Waals surface area contributed by atoms with Crippen molar-refractivity contribution in [1.82, 2.24) is 24.8 Å². The molecule has 0 bridgehead atoms. The lowest BCUT2D eigenvalue weighted by Crippen LogP contribution is -2.49. The van der Waals surface area contributed by atoms with Gasteiger partial charge in [0.25, 0.3) is 5.56 Å². The fourth-order valence-electron chi connectivity index (χ4n) is 3.55. The molecule has 1 N–H and O–H groups in total. The summed E-state index contributed by atoms with van der Waals surface area (Å²) in [5, 5.41) is 0.601. The SMILES string of the molecule is CSc1nc(C)c(CCC(=O)N2CCN(c3cc(C)nc(C(C)C)n3)CC2)c(=O)[nH]1. The molecule has 0 saturated carbocycles. The van der Waals surface area contributed by atoms with Crippen LogP contribution in [0.4, 0.5) is 5.82 Å². The molecule has 30 heavy (non-hydrogen) atoms. The highest BCUT2D eigenvalue weighted by Gasteiger charge is 2.23. The smallest absolute Gasteiger partial charge is 0.254 e. The summed E-state index contributed by atoms with van der Waals surface area (Å²) in [5.74, 6) is 2.13. The molecule has 8 nitrogen and oxygen atoms in total. The monoisotopic (exact) mass is 430 g/mol. The summed E-state index contributed by atoms with van der Waals surface area (Å²) in [6.45, 7) is 10.8. The topological polar surface area (TPSA) is 95.1 Å². The standard InChI is InChI=1S/C21H30N6O2S/c1-13(2)19-22-14(3)12-17(24-19)26-8-10-27(11-9-26)18(28)7-6-16-15(4)23-21(30-5)25-20(16)29/h12-13H,6-11H2,1-5H3,(H,23,25,29). The lowest BCUT2D eigenvalue weighted by Gasteiger charge is -2.35. The maximum atomic E-state index is 12.7. The number of carbonyl (C=O) groups is 1. The van der Waals surface area contributed by atoms with Gasteiger partial charge in [-0.15, -0.1) is 0 Å². The Morgan fingerprint density at radius 2 is 1.87 bits per heavy atom. The Bertz CT molecular complexity index is 966. The molecule has 0 unspecified atom stereocenters. The van der Waals surface area contributed by atoms with Crippen LogP contribution in [0.15, 0.2) is 16.0 Å². The van der Waals surface area contributed by atoms with Crippen molar-refractivity contribution in [3.8, 4) is 0 Å². The minimum Gasteiger partial charge on any atom is -0.353 e. The zero-order chi connectivity index (χ0) is 21.8. The minimum atomic E-state index is -0.149. The molecule has 162 valence electrons. The van der Waals surface area contributed by atoms with Crippen molar-refractivity contribution in [1.29, 1.82) is 0 Å². The Kier molecular flexibility index (Phi) is 7.12. The van der Waals surface area contributed by atoms with Gasteiger partial charge in [0.05, 0.1) is 0 Å². The molecule has 1 aliphatic heterocycles. The second-order valence-corrected chi connectivity index (χ2v) is 8.68. The lowest BCUT2D eigenvalue weighted by molar-refractivity contribution is -0.131. The van der Waals surface area contributed by atoms with E-state index in [1.54, 1.807) is 0 Å². The van der Waals surface area contributed by atoms with Crippen molar-refractivity contribution in [3.63, 3.8) is 0 Å². The number of nitrogens with one attached hydrogen (secondary N) is 1. The zero-order valence-electron chi connectivity index (χ0n) is 18.4. The van der Waals surface area contributed by atoms with Crippen molar-refractivity contribution < 1.29 is 4.79 Å². The average Bonchev–Trinajstić information content (AvgIpc) is 2.72. The van der Waals surface area contributed by atoms with Crippen molar-refractivity contribution in [3.05, 3.63) is 39.2 Å². The number of amides is 1. The second kappa shape index (κ2) is 9.59. The van der Waals surface area contributed by atoms with Crippen LogP contribution in [-0.2, 0) is 11.2 Å². The number of rotatable bonds is 6. The third kappa shape index (κ3) is 5.19. The van der Waals surface area contributed by atoms with Crippen molar-refractivity contribution in [2.75, 3.05) is 37.3 Å². The van der Waals surface area contributed by atoms with E-state index in [2.05, 4.69) is 33.7 Å². The molecule has 1 saturated heterocycles. The molecule has 1 aliphatic rings. The second-order valence-electron chi connectivity index (χ2n) is 7.89. The van der Waals surface area contributed by atoms with Crippen LogP contribution in [0.1, 0.15) is 49.0 Å². The van der Waals surface area contributed by atoms with Gasteiger partial charge in [0, 0.05) is 61.5 Å². The highest BCUT2D eigenvalue weighted by Crippen LogP contribution is 2.19. The minimum absolute atomic E-state index is 0.0733. The molecule has 0 radical (unpaired) electrons. The fourth-order valence-corrected chi connectivity index (χ4v) is 3.97. The summed E-state index contributed by atoms with van der Waals surface area (Å²) in [7, 11) is 0. The van der Waals surface area contributed by atoms with E-state index in [-0.39, 0.29) is 17.4 Å². The first-order valence-corrected chi connectivity index (χ1v) is 11.5. The van der Waals surface area contributed by atoms with Crippen LogP contribution >= 0.6 is 11.8 Å². The van der Waals surface area contributed by atoms with Gasteiger partial charge in [0.2, 0.25) is 5.91 Å². The van der Waals surface area contributed by atoms with E-state index in [1.807, 2.05) is 31.1 Å². The van der Waals surface area contributed by atoms with E-state index in [0.29, 0.717) is 42.3 Å². The Morgan fingerprint density at radius 1 is 1.17 bits per heavy atom. The highest BCUT2D eigenvalue weighted by atomic mass is 32.2. The van der Waals surface area contributed by atoms with Gasteiger partial charge in [-0.1, -0.05) is 25.6 Å². The van der Waals surface area contributed by atoms with Crippen molar-refractivity contribution in [2.45, 2.75) is 51.6 Å². The van der Waals surface area contributed by atoms with E-state index in [1.165, 1.54) is 11.8 Å². The van der Waals surface area contributed by atoms with Gasteiger partial charge >= 0.3 is 0 Å². The van der Waals surface area contributed by atoms with Crippen LogP contribution in [-0.4, -0.2) is 63.2 Å². The van der Waals surface area contributed by atoms with Crippen LogP contribution in [0, 0.1) is 13.8 Å². The highest BCUT2D eigenvalue weighted by molar-refractivity contribution is 7.98. The van der Waals surface area contributed by atoms with Crippen LogP contribution in [0.25, 0.3) is 0 Å².